The number of carbonyl (C=O) groups is 3. The molecule has 32 heavy (non-hydrogen) atoms. The van der Waals surface area contributed by atoms with Crippen LogP contribution in [0.1, 0.15) is 58.3 Å². The van der Waals surface area contributed by atoms with E-state index in [1.54, 1.807) is 32.9 Å². The van der Waals surface area contributed by atoms with Gasteiger partial charge in [-0.1, -0.05) is 12.1 Å². The lowest BCUT2D eigenvalue weighted by Crippen LogP contribution is -2.38. The first-order valence-electron chi connectivity index (χ1n) is 9.85. The van der Waals surface area contributed by atoms with Crippen LogP contribution in [0.3, 0.4) is 0 Å². The Kier molecular flexibility index (Phi) is 6.35. The standard InChI is InChI=1S/C22H24N2O8/c1-22(2,3)32-16(25)8-23-19(27)17-18(26)14-10-31-11-15(14)24(20(17)28)9-12-4-6-13(7-5-12)21(29)30/h4-7,26H,8-11H2,1-3H3,(H,23,27)(H,29,30). The summed E-state index contributed by atoms with van der Waals surface area (Å²) >= 11 is 0. The summed E-state index contributed by atoms with van der Waals surface area (Å²) in [5.74, 6) is -3.16. The van der Waals surface area contributed by atoms with Crippen molar-refractivity contribution in [3.63, 3.8) is 0 Å². The van der Waals surface area contributed by atoms with Gasteiger partial charge >= 0.3 is 11.9 Å². The van der Waals surface area contributed by atoms with E-state index in [-0.39, 0.29) is 25.3 Å². The number of nitrogens with zero attached hydrogens (tertiary/aromatic N) is 1. The Labute approximate surface area is 183 Å². The Morgan fingerprint density at radius 1 is 1.16 bits per heavy atom. The van der Waals surface area contributed by atoms with Gasteiger partial charge in [0.2, 0.25) is 0 Å². The zero-order chi connectivity index (χ0) is 23.6. The highest BCUT2D eigenvalue weighted by molar-refractivity contribution is 5.98. The van der Waals surface area contributed by atoms with E-state index in [1.165, 1.54) is 16.7 Å². The first-order chi connectivity index (χ1) is 15.0. The Bertz CT molecular complexity index is 1130. The molecule has 0 atom stereocenters. The molecule has 2 aromatic rings. The number of rotatable bonds is 6. The molecule has 2 heterocycles. The number of aromatic carboxylic acids is 1. The molecular formula is C22H24N2O8. The first kappa shape index (κ1) is 23.0. The molecule has 0 bridgehead atoms. The van der Waals surface area contributed by atoms with Gasteiger partial charge in [-0.3, -0.25) is 14.4 Å². The molecule has 170 valence electrons. The SMILES string of the molecule is CC(C)(C)OC(=O)CNC(=O)c1c(O)c2c(n(Cc3ccc(C(=O)O)cc3)c1=O)COC2. The third-order valence-electron chi connectivity index (χ3n) is 4.72. The summed E-state index contributed by atoms with van der Waals surface area (Å²) in [4.78, 5) is 48.7. The monoisotopic (exact) mass is 444 g/mol. The lowest BCUT2D eigenvalue weighted by atomic mass is 10.1. The smallest absolute Gasteiger partial charge is 0.335 e. The number of carbonyl (C=O) groups excluding carboxylic acids is 2. The third-order valence-corrected chi connectivity index (χ3v) is 4.72. The molecule has 0 spiro atoms. The summed E-state index contributed by atoms with van der Waals surface area (Å²) in [7, 11) is 0. The van der Waals surface area contributed by atoms with Crippen LogP contribution < -0.4 is 10.9 Å². The molecule has 0 fully saturated rings. The molecule has 10 nitrogen and oxygen atoms in total. The van der Waals surface area contributed by atoms with Gasteiger partial charge in [-0.2, -0.15) is 0 Å². The molecule has 0 aliphatic carbocycles. The van der Waals surface area contributed by atoms with Crippen molar-refractivity contribution < 1.29 is 34.1 Å². The molecule has 0 radical (unpaired) electrons. The molecule has 10 heteroatoms. The van der Waals surface area contributed by atoms with Gasteiger partial charge in [0.05, 0.1) is 31.0 Å². The average Bonchev–Trinajstić information content (AvgIpc) is 3.19. The van der Waals surface area contributed by atoms with Crippen LogP contribution in [-0.4, -0.2) is 44.8 Å². The Hall–Kier alpha value is -3.66. The topological polar surface area (TPSA) is 144 Å². The maximum Gasteiger partial charge on any atom is 0.335 e. The van der Waals surface area contributed by atoms with Crippen molar-refractivity contribution >= 4 is 17.8 Å². The summed E-state index contributed by atoms with van der Waals surface area (Å²) in [6, 6.07) is 5.95. The fourth-order valence-electron chi connectivity index (χ4n) is 3.30. The molecule has 3 rings (SSSR count). The molecule has 1 amide bonds. The van der Waals surface area contributed by atoms with Crippen LogP contribution >= 0.6 is 0 Å². The number of hydrogen-bond acceptors (Lipinski definition) is 7. The Balaban J connectivity index is 1.91. The fourth-order valence-corrected chi connectivity index (χ4v) is 3.30. The zero-order valence-corrected chi connectivity index (χ0v) is 17.9. The number of aromatic hydroxyl groups is 1. The van der Waals surface area contributed by atoms with E-state index in [0.717, 1.165) is 0 Å². The molecule has 1 aromatic carbocycles. The Morgan fingerprint density at radius 3 is 2.41 bits per heavy atom. The van der Waals surface area contributed by atoms with Gasteiger partial charge in [0, 0.05) is 5.56 Å². The second-order valence-corrected chi connectivity index (χ2v) is 8.30. The quantitative estimate of drug-likeness (QED) is 0.567. The Morgan fingerprint density at radius 2 is 1.81 bits per heavy atom. The molecule has 1 aromatic heterocycles. The molecule has 0 unspecified atom stereocenters. The summed E-state index contributed by atoms with van der Waals surface area (Å²) in [5, 5.41) is 21.9. The van der Waals surface area contributed by atoms with E-state index in [0.29, 0.717) is 16.8 Å². The largest absolute Gasteiger partial charge is 0.506 e. The second kappa shape index (κ2) is 8.83. The lowest BCUT2D eigenvalue weighted by Gasteiger charge is -2.20. The van der Waals surface area contributed by atoms with Crippen molar-refractivity contribution in [3.8, 4) is 5.75 Å². The third kappa shape index (κ3) is 4.97. The average molecular weight is 444 g/mol. The maximum atomic E-state index is 13.1. The zero-order valence-electron chi connectivity index (χ0n) is 17.9. The first-order valence-corrected chi connectivity index (χ1v) is 9.85. The van der Waals surface area contributed by atoms with Crippen LogP contribution in [0.2, 0.25) is 0 Å². The number of pyridine rings is 1. The van der Waals surface area contributed by atoms with Gasteiger partial charge in [-0.05, 0) is 38.5 Å². The van der Waals surface area contributed by atoms with Gasteiger partial charge in [0.25, 0.3) is 11.5 Å². The van der Waals surface area contributed by atoms with E-state index in [4.69, 9.17) is 14.6 Å². The number of esters is 1. The van der Waals surface area contributed by atoms with E-state index < -0.39 is 46.9 Å². The van der Waals surface area contributed by atoms with Crippen molar-refractivity contribution in [2.75, 3.05) is 6.54 Å². The highest BCUT2D eigenvalue weighted by atomic mass is 16.6. The lowest BCUT2D eigenvalue weighted by molar-refractivity contribution is -0.153. The predicted molar refractivity (Wildman–Crippen MR) is 112 cm³/mol. The number of ether oxygens (including phenoxy) is 2. The highest BCUT2D eigenvalue weighted by Gasteiger charge is 2.29. The summed E-state index contributed by atoms with van der Waals surface area (Å²) < 4.78 is 11.8. The second-order valence-electron chi connectivity index (χ2n) is 8.30. The van der Waals surface area contributed by atoms with Crippen LogP contribution in [0, 0.1) is 0 Å². The van der Waals surface area contributed by atoms with Crippen LogP contribution in [0.5, 0.6) is 5.75 Å². The van der Waals surface area contributed by atoms with E-state index in [1.807, 2.05) is 0 Å². The van der Waals surface area contributed by atoms with Gasteiger partial charge in [-0.25, -0.2) is 4.79 Å². The summed E-state index contributed by atoms with van der Waals surface area (Å²) in [6.07, 6.45) is 0. The molecule has 0 saturated carbocycles. The molecule has 0 saturated heterocycles. The van der Waals surface area contributed by atoms with Crippen LogP contribution in [0.4, 0.5) is 0 Å². The molecule has 1 aliphatic heterocycles. The van der Waals surface area contributed by atoms with Crippen LogP contribution in [0.15, 0.2) is 29.1 Å². The molecular weight excluding hydrogens is 420 g/mol. The molecule has 1 aliphatic rings. The number of carboxylic acid groups (broad SMARTS) is 1. The number of amides is 1. The van der Waals surface area contributed by atoms with Crippen molar-refractivity contribution in [2.24, 2.45) is 0 Å². The van der Waals surface area contributed by atoms with Gasteiger partial charge in [0.15, 0.2) is 0 Å². The predicted octanol–water partition coefficient (Wildman–Crippen LogP) is 1.40. The van der Waals surface area contributed by atoms with E-state index in [9.17, 15) is 24.3 Å². The number of fused-ring (bicyclic) bond motifs is 1. The van der Waals surface area contributed by atoms with E-state index in [2.05, 4.69) is 5.32 Å². The normalized spacial score (nSPS) is 12.8. The number of hydrogen-bond donors (Lipinski definition) is 3. The van der Waals surface area contributed by atoms with Crippen LogP contribution in [-0.2, 0) is 34.0 Å². The number of nitrogens with one attached hydrogen (secondary N) is 1. The van der Waals surface area contributed by atoms with Crippen molar-refractivity contribution in [2.45, 2.75) is 46.1 Å². The minimum atomic E-state index is -1.07. The summed E-state index contributed by atoms with van der Waals surface area (Å²) in [5.41, 5.74) is -0.527. The van der Waals surface area contributed by atoms with Crippen molar-refractivity contribution in [1.82, 2.24) is 9.88 Å². The van der Waals surface area contributed by atoms with E-state index >= 15 is 0 Å². The number of aromatic nitrogens is 1. The number of benzene rings is 1. The fraction of sp³-hybridized carbons (Fsp3) is 0.364. The minimum absolute atomic E-state index is 0.0196. The minimum Gasteiger partial charge on any atom is -0.506 e. The van der Waals surface area contributed by atoms with Crippen LogP contribution in [0.25, 0.3) is 0 Å². The highest BCUT2D eigenvalue weighted by Crippen LogP contribution is 2.30. The number of carboxylic acids is 1. The maximum absolute atomic E-state index is 13.1. The summed E-state index contributed by atoms with van der Waals surface area (Å²) in [6.45, 7) is 4.70. The van der Waals surface area contributed by atoms with Gasteiger partial charge < -0.3 is 29.6 Å². The van der Waals surface area contributed by atoms with Crippen molar-refractivity contribution in [1.29, 1.82) is 0 Å². The van der Waals surface area contributed by atoms with Crippen molar-refractivity contribution in [3.05, 3.63) is 62.6 Å². The molecule has 3 N–H and O–H groups in total. The van der Waals surface area contributed by atoms with Gasteiger partial charge in [-0.15, -0.1) is 0 Å². The van der Waals surface area contributed by atoms with Gasteiger partial charge in [0.1, 0.15) is 23.5 Å².